The van der Waals surface area contributed by atoms with Gasteiger partial charge in [0, 0.05) is 6.42 Å². The minimum Gasteiger partial charge on any atom is -0.490 e. The van der Waals surface area contributed by atoms with Crippen molar-refractivity contribution in [1.82, 2.24) is 0 Å². The van der Waals surface area contributed by atoms with E-state index >= 15 is 0 Å². The topological polar surface area (TPSA) is 27.7 Å². The maximum Gasteiger partial charge on any atom is 0.200 e. The van der Waals surface area contributed by atoms with Crippen LogP contribution in [0.2, 0.25) is 0 Å². The summed E-state index contributed by atoms with van der Waals surface area (Å²) in [6.45, 7) is 3.40. The van der Waals surface area contributed by atoms with Crippen LogP contribution in [0.25, 0.3) is 0 Å². The lowest BCUT2D eigenvalue weighted by atomic mass is 10.2. The Hall–Kier alpha value is -1.22. The molecule has 88 valence electrons. The van der Waals surface area contributed by atoms with Gasteiger partial charge < -0.3 is 14.2 Å². The zero-order chi connectivity index (χ0) is 11.2. The largest absolute Gasteiger partial charge is 0.490 e. The predicted octanol–water partition coefficient (Wildman–Crippen LogP) is 2.99. The van der Waals surface area contributed by atoms with Crippen LogP contribution in [0.4, 0.5) is 0 Å². The molecule has 0 radical (unpaired) electrons. The highest BCUT2D eigenvalue weighted by Crippen LogP contribution is 2.29. The molecule has 0 bridgehead atoms. The summed E-state index contributed by atoms with van der Waals surface area (Å²) in [5.74, 6) is 1.57. The third-order valence-corrected chi connectivity index (χ3v) is 2.55. The SMILES string of the molecule is CCOc1ccccc1OC1CCCCO1. The second-order valence-corrected chi connectivity index (χ2v) is 3.79. The van der Waals surface area contributed by atoms with Gasteiger partial charge in [-0.25, -0.2) is 0 Å². The molecule has 1 aromatic carbocycles. The van der Waals surface area contributed by atoms with E-state index in [0.29, 0.717) is 6.61 Å². The molecule has 1 unspecified atom stereocenters. The van der Waals surface area contributed by atoms with Crippen molar-refractivity contribution in [3.63, 3.8) is 0 Å². The van der Waals surface area contributed by atoms with Gasteiger partial charge in [-0.05, 0) is 31.9 Å². The van der Waals surface area contributed by atoms with Crippen molar-refractivity contribution in [1.29, 1.82) is 0 Å². The molecule has 1 saturated heterocycles. The summed E-state index contributed by atoms with van der Waals surface area (Å²) in [6, 6.07) is 7.73. The van der Waals surface area contributed by atoms with Crippen LogP contribution in [0.3, 0.4) is 0 Å². The molecule has 0 amide bonds. The van der Waals surface area contributed by atoms with Gasteiger partial charge in [0.2, 0.25) is 0 Å². The molecule has 0 spiro atoms. The summed E-state index contributed by atoms with van der Waals surface area (Å²) in [6.07, 6.45) is 3.14. The lowest BCUT2D eigenvalue weighted by molar-refractivity contribution is -0.106. The maximum absolute atomic E-state index is 5.79. The fourth-order valence-electron chi connectivity index (χ4n) is 1.77. The molecular weight excluding hydrogens is 204 g/mol. The zero-order valence-electron chi connectivity index (χ0n) is 9.65. The third-order valence-electron chi connectivity index (χ3n) is 2.55. The number of benzene rings is 1. The second kappa shape index (κ2) is 5.75. The molecule has 3 heteroatoms. The highest BCUT2D eigenvalue weighted by Gasteiger charge is 2.16. The molecule has 1 fully saturated rings. The molecule has 2 rings (SSSR count). The van der Waals surface area contributed by atoms with E-state index in [1.54, 1.807) is 0 Å². The van der Waals surface area contributed by atoms with Crippen molar-refractivity contribution in [3.8, 4) is 11.5 Å². The Morgan fingerprint density at radius 2 is 2.06 bits per heavy atom. The number of ether oxygens (including phenoxy) is 3. The smallest absolute Gasteiger partial charge is 0.200 e. The van der Waals surface area contributed by atoms with E-state index in [0.717, 1.165) is 30.9 Å². The summed E-state index contributed by atoms with van der Waals surface area (Å²) in [4.78, 5) is 0. The van der Waals surface area contributed by atoms with Gasteiger partial charge in [-0.2, -0.15) is 0 Å². The van der Waals surface area contributed by atoms with E-state index in [9.17, 15) is 0 Å². The number of rotatable bonds is 4. The Balaban J connectivity index is 2.01. The van der Waals surface area contributed by atoms with E-state index in [-0.39, 0.29) is 6.29 Å². The molecular formula is C13H18O3. The van der Waals surface area contributed by atoms with Crippen LogP contribution in [0.1, 0.15) is 26.2 Å². The molecule has 1 atom stereocenters. The fourth-order valence-corrected chi connectivity index (χ4v) is 1.77. The molecule has 0 aromatic heterocycles. The highest BCUT2D eigenvalue weighted by atomic mass is 16.7. The lowest BCUT2D eigenvalue weighted by Crippen LogP contribution is -2.25. The highest BCUT2D eigenvalue weighted by molar-refractivity contribution is 5.39. The Morgan fingerprint density at radius 1 is 1.25 bits per heavy atom. The third kappa shape index (κ3) is 2.89. The minimum atomic E-state index is -0.115. The fraction of sp³-hybridized carbons (Fsp3) is 0.538. The molecule has 1 aromatic rings. The van der Waals surface area contributed by atoms with Gasteiger partial charge in [0.1, 0.15) is 0 Å². The van der Waals surface area contributed by atoms with Gasteiger partial charge in [-0.1, -0.05) is 12.1 Å². The van der Waals surface area contributed by atoms with Crippen LogP contribution in [0, 0.1) is 0 Å². The second-order valence-electron chi connectivity index (χ2n) is 3.79. The van der Waals surface area contributed by atoms with Gasteiger partial charge in [-0.15, -0.1) is 0 Å². The monoisotopic (exact) mass is 222 g/mol. The van der Waals surface area contributed by atoms with Gasteiger partial charge in [0.15, 0.2) is 17.8 Å². The summed E-state index contributed by atoms with van der Waals surface area (Å²) in [7, 11) is 0. The van der Waals surface area contributed by atoms with Crippen LogP contribution in [-0.2, 0) is 4.74 Å². The molecule has 0 aliphatic carbocycles. The first-order valence-electron chi connectivity index (χ1n) is 5.90. The molecule has 16 heavy (non-hydrogen) atoms. The predicted molar refractivity (Wildman–Crippen MR) is 61.8 cm³/mol. The van der Waals surface area contributed by atoms with Crippen molar-refractivity contribution in [2.24, 2.45) is 0 Å². The molecule has 0 N–H and O–H groups in total. The lowest BCUT2D eigenvalue weighted by Gasteiger charge is -2.24. The van der Waals surface area contributed by atoms with Crippen LogP contribution < -0.4 is 9.47 Å². The average Bonchev–Trinajstić information content (AvgIpc) is 2.33. The molecule has 1 heterocycles. The minimum absolute atomic E-state index is 0.115. The molecule has 1 aliphatic heterocycles. The number of hydrogen-bond acceptors (Lipinski definition) is 3. The maximum atomic E-state index is 5.79. The van der Waals surface area contributed by atoms with Crippen LogP contribution in [0.15, 0.2) is 24.3 Å². The summed E-state index contributed by atoms with van der Waals surface area (Å²) < 4.78 is 16.8. The molecule has 0 saturated carbocycles. The van der Waals surface area contributed by atoms with Crippen molar-refractivity contribution in [2.75, 3.05) is 13.2 Å². The number of hydrogen-bond donors (Lipinski definition) is 0. The first kappa shape index (κ1) is 11.3. The Bertz CT molecular complexity index is 319. The van der Waals surface area contributed by atoms with Crippen LogP contribution in [-0.4, -0.2) is 19.5 Å². The van der Waals surface area contributed by atoms with E-state index < -0.39 is 0 Å². The van der Waals surface area contributed by atoms with Crippen LogP contribution >= 0.6 is 0 Å². The van der Waals surface area contributed by atoms with E-state index in [1.807, 2.05) is 31.2 Å². The van der Waals surface area contributed by atoms with Crippen molar-refractivity contribution < 1.29 is 14.2 Å². The quantitative estimate of drug-likeness (QED) is 0.783. The summed E-state index contributed by atoms with van der Waals surface area (Å²) in [5, 5.41) is 0. The first-order valence-corrected chi connectivity index (χ1v) is 5.90. The summed E-state index contributed by atoms with van der Waals surface area (Å²) >= 11 is 0. The van der Waals surface area contributed by atoms with E-state index in [1.165, 1.54) is 6.42 Å². The Kier molecular flexibility index (Phi) is 4.05. The van der Waals surface area contributed by atoms with Gasteiger partial charge in [0.05, 0.1) is 13.2 Å². The van der Waals surface area contributed by atoms with Crippen molar-refractivity contribution >= 4 is 0 Å². The average molecular weight is 222 g/mol. The van der Waals surface area contributed by atoms with Gasteiger partial charge in [-0.3, -0.25) is 0 Å². The normalized spacial score (nSPS) is 20.4. The van der Waals surface area contributed by atoms with E-state index in [4.69, 9.17) is 14.2 Å². The van der Waals surface area contributed by atoms with Crippen LogP contribution in [0.5, 0.6) is 11.5 Å². The van der Waals surface area contributed by atoms with Crippen molar-refractivity contribution in [3.05, 3.63) is 24.3 Å². The Morgan fingerprint density at radius 3 is 2.75 bits per heavy atom. The molecule has 1 aliphatic rings. The number of para-hydroxylation sites is 2. The zero-order valence-corrected chi connectivity index (χ0v) is 9.65. The summed E-state index contributed by atoms with van der Waals surface area (Å²) in [5.41, 5.74) is 0. The molecule has 3 nitrogen and oxygen atoms in total. The standard InChI is InChI=1S/C13H18O3/c1-2-14-11-7-3-4-8-12(11)16-13-9-5-6-10-15-13/h3-4,7-8,13H,2,5-6,9-10H2,1H3. The van der Waals surface area contributed by atoms with Gasteiger partial charge in [0.25, 0.3) is 0 Å². The Labute approximate surface area is 96.3 Å². The first-order chi connectivity index (χ1) is 7.90. The van der Waals surface area contributed by atoms with E-state index in [2.05, 4.69) is 0 Å². The van der Waals surface area contributed by atoms with Crippen molar-refractivity contribution in [2.45, 2.75) is 32.5 Å². The van der Waals surface area contributed by atoms with Gasteiger partial charge >= 0.3 is 0 Å².